The minimum Gasteiger partial charge on any atom is -0.478 e. The summed E-state index contributed by atoms with van der Waals surface area (Å²) in [5.41, 5.74) is 3.16. The van der Waals surface area contributed by atoms with Gasteiger partial charge >= 0.3 is 54.1 Å². The lowest BCUT2D eigenvalue weighted by Gasteiger charge is -2.37. The summed E-state index contributed by atoms with van der Waals surface area (Å²) in [5, 5.41) is 22.5. The van der Waals surface area contributed by atoms with Crippen molar-refractivity contribution >= 4 is 89.5 Å². The topological polar surface area (TPSA) is 449 Å². The molecule has 0 aliphatic carbocycles. The van der Waals surface area contributed by atoms with Gasteiger partial charge in [0.05, 0.1) is 63.2 Å². The first-order valence-corrected chi connectivity index (χ1v) is 44.6. The van der Waals surface area contributed by atoms with Crippen LogP contribution in [-0.4, -0.2) is 253 Å². The van der Waals surface area contributed by atoms with Crippen LogP contribution in [0.5, 0.6) is 0 Å². The average Bonchev–Trinajstić information content (AvgIpc) is 0.803. The molecule has 0 aromatic carbocycles. The highest BCUT2D eigenvalue weighted by molar-refractivity contribution is 5.97. The Bertz CT molecular complexity index is 3770. The van der Waals surface area contributed by atoms with Crippen LogP contribution in [0.2, 0.25) is 0 Å². The fourth-order valence-electron chi connectivity index (χ4n) is 12.1. The van der Waals surface area contributed by atoms with Crippen molar-refractivity contribution < 1.29 is 115 Å². The molecule has 0 unspecified atom stereocenters. The maximum Gasteiger partial charge on any atom is 0.408 e. The molecule has 0 aromatic rings. The highest BCUT2D eigenvalue weighted by Crippen LogP contribution is 2.30. The van der Waals surface area contributed by atoms with Crippen LogP contribution >= 0.6 is 0 Å². The van der Waals surface area contributed by atoms with E-state index in [1.54, 1.807) is 180 Å². The molecule has 0 aromatic heterocycles. The second-order valence-corrected chi connectivity index (χ2v) is 40.6. The third kappa shape index (κ3) is 50.4. The summed E-state index contributed by atoms with van der Waals surface area (Å²) in [7, 11) is 6.58. The van der Waals surface area contributed by atoms with Gasteiger partial charge < -0.3 is 94.9 Å². The van der Waals surface area contributed by atoms with E-state index >= 15 is 0 Å². The van der Waals surface area contributed by atoms with E-state index in [9.17, 15) is 71.9 Å². The smallest absolute Gasteiger partial charge is 0.408 e. The summed E-state index contributed by atoms with van der Waals surface area (Å²) < 4.78 is 40.9. The SMILES string of the molecule is C/C(=C\[C@H](C(C)C)N(C)C(=O)[C@@H](NC(=O)OC(C)(C)C)C(C)(C)C)C(=O)O.CCOC(=O)/C(C)=C/[C@H](C(C)C)N(C)C(=O)[C@@H](NC(=O)OC(C)(C)C)C(C)(C)C.CCOC(=O)CC[C@@H](NC(=O)/C(C)=C/[C@H](C(C)C)N(C)C(=O)[C@@H](N)C(C)(C)C)C(=O)OCC.CCOC(=O)CC[C@@H](NC(=O)/C(C)=C/[C@H](C(C)C)N(C)C(=O)[C@@H](NC(=O)OC(C)(C)C)C(C)(C)C)C(=O)OCC. The molecule has 129 heavy (non-hydrogen) atoms. The molecule has 744 valence electrons. The van der Waals surface area contributed by atoms with Gasteiger partial charge in [0.2, 0.25) is 35.4 Å². The Balaban J connectivity index is -0.000000817. The van der Waals surface area contributed by atoms with Gasteiger partial charge in [-0.2, -0.15) is 0 Å². The lowest BCUT2D eigenvalue weighted by Crippen LogP contribution is -2.57. The van der Waals surface area contributed by atoms with Crippen LogP contribution in [0.1, 0.15) is 289 Å². The van der Waals surface area contributed by atoms with E-state index in [4.69, 9.17) is 48.7 Å². The standard InChI is InChI=1S/C29H51N3O8.C24H43N3O6.C22H40N2O5.C20H36N2O5/c1-13-38-22(33)16-15-20(26(36)39-14-2)30-24(34)19(5)17-21(18(3)4)32(12)25(35)23(28(6,7)8)31-27(37)40-29(9,10)11;1-10-32-19(28)13-12-17(23(31)33-11-2)26-21(29)16(5)14-18(15(3)4)27(9)22(30)20(25)24(6,7)8;1-12-28-19(26)15(4)13-16(14(2)3)24(11)18(25)17(21(5,6)7)23-20(27)29-22(8,9)10;1-12(2)14(11-13(3)17(24)25)22(10)16(23)15(19(4,5)6)21-18(26)27-20(7,8)9/h17-18,20-21,23H,13-16H2,1-12H3,(H,30,34)(H,31,37);14-15,17-18,20H,10-13,25H2,1-9H3,(H,26,29);13-14,16-17H,12H2,1-11H3,(H,23,27);11-12,14-15H,1-10H3,(H,21,26)(H,24,25)/b19-17+;16-14+;15-13+;13-11+/t20-,21-,23-;17-,18-,20-;16-,17-;14-,15-/m1111/s1. The Morgan fingerprint density at radius 3 is 0.775 bits per heavy atom. The number of carboxylic acids is 1. The van der Waals surface area contributed by atoms with Gasteiger partial charge in [0.25, 0.3) is 0 Å². The number of carbonyl (C=O) groups is 15. The molecule has 0 aliphatic rings. The molecule has 10 atom stereocenters. The zero-order valence-corrected chi connectivity index (χ0v) is 86.5. The van der Waals surface area contributed by atoms with Crippen molar-refractivity contribution in [1.82, 2.24) is 46.2 Å². The summed E-state index contributed by atoms with van der Waals surface area (Å²) in [6.45, 7) is 69.4. The number of nitrogens with two attached hydrogens (primary N) is 1. The van der Waals surface area contributed by atoms with E-state index in [-0.39, 0.29) is 129 Å². The summed E-state index contributed by atoms with van der Waals surface area (Å²) in [6, 6.07) is -6.87. The number of aliphatic carboxylic acids is 1. The van der Waals surface area contributed by atoms with Crippen LogP contribution in [0, 0.1) is 45.3 Å². The second kappa shape index (κ2) is 56.8. The van der Waals surface area contributed by atoms with E-state index in [1.165, 1.54) is 16.7 Å². The zero-order valence-electron chi connectivity index (χ0n) is 86.5. The number of carboxylic acid groups (broad SMARTS) is 1. The first-order chi connectivity index (χ1) is 58.4. The number of carbonyl (C=O) groups excluding carboxylic acids is 14. The Morgan fingerprint density at radius 2 is 0.566 bits per heavy atom. The van der Waals surface area contributed by atoms with Crippen molar-refractivity contribution in [3.8, 4) is 0 Å². The second-order valence-electron chi connectivity index (χ2n) is 40.6. The monoisotopic (exact) mass is 1840 g/mol. The van der Waals surface area contributed by atoms with Gasteiger partial charge in [0.1, 0.15) is 47.0 Å². The fraction of sp³-hybridized carbons (Fsp3) is 0.758. The van der Waals surface area contributed by atoms with Gasteiger partial charge in [-0.1, -0.05) is 163 Å². The third-order valence-electron chi connectivity index (χ3n) is 19.4. The Kier molecular flexibility index (Phi) is 55.4. The minimum absolute atomic E-state index is 0.00426. The van der Waals surface area contributed by atoms with Crippen molar-refractivity contribution in [3.05, 3.63) is 46.6 Å². The van der Waals surface area contributed by atoms with Crippen LogP contribution in [0.15, 0.2) is 46.6 Å². The summed E-state index contributed by atoms with van der Waals surface area (Å²) in [6.07, 6.45) is 4.64. The number of nitrogens with zero attached hydrogens (tertiary/aromatic N) is 4. The predicted molar refractivity (Wildman–Crippen MR) is 499 cm³/mol. The number of rotatable bonds is 38. The molecule has 0 saturated carbocycles. The molecule has 0 spiro atoms. The molecular weight excluding hydrogens is 1670 g/mol. The Hall–Kier alpha value is -9.63. The number of alkyl carbamates (subject to hydrolysis) is 3. The summed E-state index contributed by atoms with van der Waals surface area (Å²) in [5.74, 6) is -5.81. The molecule has 0 aliphatic heterocycles. The molecule has 8 N–H and O–H groups in total. The van der Waals surface area contributed by atoms with Crippen molar-refractivity contribution in [2.24, 2.45) is 51.1 Å². The molecule has 0 radical (unpaired) electrons. The largest absolute Gasteiger partial charge is 0.478 e. The molecule has 0 saturated heterocycles. The molecule has 9 amide bonds. The maximum absolute atomic E-state index is 13.7. The summed E-state index contributed by atoms with van der Waals surface area (Å²) >= 11 is 0. The highest BCUT2D eigenvalue weighted by Gasteiger charge is 2.43. The maximum atomic E-state index is 13.7. The first kappa shape index (κ1) is 126. The van der Waals surface area contributed by atoms with Crippen LogP contribution in [0.4, 0.5) is 14.4 Å². The number of esters is 5. The van der Waals surface area contributed by atoms with Crippen molar-refractivity contribution in [2.45, 2.75) is 366 Å². The number of nitrogens with one attached hydrogen (secondary N) is 5. The average molecular weight is 1840 g/mol. The van der Waals surface area contributed by atoms with E-state index in [0.29, 0.717) is 11.1 Å². The van der Waals surface area contributed by atoms with Crippen LogP contribution < -0.4 is 32.3 Å². The fourth-order valence-corrected chi connectivity index (χ4v) is 12.1. The Labute approximate surface area is 772 Å². The molecule has 0 rings (SSSR count). The van der Waals surface area contributed by atoms with Crippen LogP contribution in [0.3, 0.4) is 0 Å². The number of hydrogen-bond acceptors (Lipinski definition) is 24. The number of hydrogen-bond donors (Lipinski definition) is 7. The van der Waals surface area contributed by atoms with E-state index in [0.717, 1.165) is 0 Å². The first-order valence-electron chi connectivity index (χ1n) is 44.6. The van der Waals surface area contributed by atoms with Gasteiger partial charge in [-0.05, 0) is 183 Å². The number of ether oxygens (including phenoxy) is 8. The number of amides is 9. The minimum atomic E-state index is -1.04. The molecule has 0 bridgehead atoms. The van der Waals surface area contributed by atoms with Crippen LogP contribution in [-0.2, 0) is 95.4 Å². The van der Waals surface area contributed by atoms with E-state index < -0.39 is 153 Å². The van der Waals surface area contributed by atoms with Gasteiger partial charge in [0.15, 0.2) is 0 Å². The molecule has 34 heteroatoms. The van der Waals surface area contributed by atoms with E-state index in [2.05, 4.69) is 26.6 Å². The van der Waals surface area contributed by atoms with Gasteiger partial charge in [0, 0.05) is 63.3 Å². The quantitative estimate of drug-likeness (QED) is 0.0171. The van der Waals surface area contributed by atoms with Crippen molar-refractivity contribution in [1.29, 1.82) is 0 Å². The normalized spacial score (nSPS) is 14.8. The lowest BCUT2D eigenvalue weighted by atomic mass is 9.85. The number of likely N-dealkylation sites (N-methyl/N-ethyl adjacent to an activating group) is 4. The van der Waals surface area contributed by atoms with Gasteiger partial charge in [-0.15, -0.1) is 0 Å². The van der Waals surface area contributed by atoms with Gasteiger partial charge in [-0.25, -0.2) is 33.6 Å². The molecule has 34 nitrogen and oxygen atoms in total. The third-order valence-corrected chi connectivity index (χ3v) is 19.4. The Morgan fingerprint density at radius 1 is 0.333 bits per heavy atom. The predicted octanol–water partition coefficient (Wildman–Crippen LogP) is 13.3. The molecular formula is C95H170N10O24. The van der Waals surface area contributed by atoms with Crippen molar-refractivity contribution in [3.63, 3.8) is 0 Å². The van der Waals surface area contributed by atoms with Crippen molar-refractivity contribution in [2.75, 3.05) is 61.2 Å². The molecule has 0 fully saturated rings. The highest BCUT2D eigenvalue weighted by atomic mass is 16.6. The zero-order chi connectivity index (χ0) is 102. The lowest BCUT2D eigenvalue weighted by molar-refractivity contribution is -0.149. The molecule has 0 heterocycles. The van der Waals surface area contributed by atoms with E-state index in [1.807, 2.05) is 138 Å². The van der Waals surface area contributed by atoms with Gasteiger partial charge in [-0.3, -0.25) is 38.4 Å². The van der Waals surface area contributed by atoms with Crippen LogP contribution in [0.25, 0.3) is 0 Å². The summed E-state index contributed by atoms with van der Waals surface area (Å²) in [4.78, 5) is 194.